The average Bonchev–Trinajstić information content (AvgIpc) is 2.74. The minimum Gasteiger partial charge on any atom is -0.197 e. The van der Waals surface area contributed by atoms with Crippen LogP contribution in [-0.4, -0.2) is 32.2 Å². The Bertz CT molecular complexity index is 834. The normalized spacial score (nSPS) is 49.3. The smallest absolute Gasteiger partial charge is 0.197 e. The predicted molar refractivity (Wildman–Crippen MR) is 145 cm³/mol. The van der Waals surface area contributed by atoms with E-state index in [1.807, 2.05) is 0 Å². The highest BCUT2D eigenvalue weighted by Gasteiger charge is 2.81. The van der Waals surface area contributed by atoms with Gasteiger partial charge in [-0.2, -0.15) is 8.42 Å². The summed E-state index contributed by atoms with van der Waals surface area (Å²) >= 11 is 0. The van der Waals surface area contributed by atoms with Gasteiger partial charge in [0.25, 0.3) is 10.1 Å². The van der Waals surface area contributed by atoms with Crippen molar-refractivity contribution in [1.82, 2.24) is 0 Å². The molecule has 8 bridgehead atoms. The maximum Gasteiger partial charge on any atom is 0.296 e. The van der Waals surface area contributed by atoms with Crippen LogP contribution in [0.2, 0.25) is 0 Å². The van der Waals surface area contributed by atoms with Gasteiger partial charge in [-0.3, -0.25) is 0 Å². The molecule has 198 valence electrons. The van der Waals surface area contributed by atoms with E-state index in [-0.39, 0.29) is 5.16 Å². The molecule has 0 radical (unpaired) electrons. The van der Waals surface area contributed by atoms with Gasteiger partial charge in [0.15, 0.2) is 7.49 Å². The Kier molecular flexibility index (Phi) is 5.69. The van der Waals surface area contributed by atoms with E-state index in [0.717, 1.165) is 47.8 Å². The minimum atomic E-state index is -3.48. The first kappa shape index (κ1) is 24.4. The van der Waals surface area contributed by atoms with Crippen LogP contribution in [0.4, 0.5) is 0 Å². The molecule has 9 rings (SSSR count). The van der Waals surface area contributed by atoms with Crippen molar-refractivity contribution in [3.8, 4) is 0 Å². The van der Waals surface area contributed by atoms with Crippen molar-refractivity contribution < 1.29 is 12.4 Å². The maximum absolute atomic E-state index is 13.2. The van der Waals surface area contributed by atoms with Gasteiger partial charge in [0.05, 0.1) is 18.6 Å². The summed E-state index contributed by atoms with van der Waals surface area (Å²) in [6.45, 7) is 2.43. The Labute approximate surface area is 215 Å². The monoisotopic (exact) mass is 521 g/mol. The minimum absolute atomic E-state index is 0.150. The maximum atomic E-state index is 13.2. The molecule has 1 saturated heterocycles. The van der Waals surface area contributed by atoms with Gasteiger partial charge in [0, 0.05) is 10.8 Å². The first-order valence-electron chi connectivity index (χ1n) is 15.5. The Hall–Kier alpha value is 0.340. The average molecular weight is 522 g/mol. The molecular formula is C30H50O3PS+. The SMILES string of the molecule is CCCC(C12CC3CC(CC(C3)C1)C2)(C12CC3CC(CC(C3)C1)C2)[P+]1(OS(C)(=O)=O)CCCCC1. The van der Waals surface area contributed by atoms with Gasteiger partial charge < -0.3 is 0 Å². The topological polar surface area (TPSA) is 43.4 Å². The zero-order valence-corrected chi connectivity index (χ0v) is 24.2. The van der Waals surface area contributed by atoms with Crippen LogP contribution in [-0.2, 0) is 14.1 Å². The zero-order chi connectivity index (χ0) is 24.1. The fourth-order valence-corrected chi connectivity index (χ4v) is 22.1. The Morgan fingerprint density at radius 2 is 1.09 bits per heavy atom. The van der Waals surface area contributed by atoms with Crippen LogP contribution in [0.25, 0.3) is 0 Å². The molecule has 35 heavy (non-hydrogen) atoms. The lowest BCUT2D eigenvalue weighted by atomic mass is 9.37. The van der Waals surface area contributed by atoms with Crippen LogP contribution in [0, 0.1) is 46.3 Å². The van der Waals surface area contributed by atoms with E-state index in [1.165, 1.54) is 115 Å². The van der Waals surface area contributed by atoms with Crippen LogP contribution >= 0.6 is 7.49 Å². The van der Waals surface area contributed by atoms with Gasteiger partial charge in [-0.25, -0.2) is 0 Å². The summed E-state index contributed by atoms with van der Waals surface area (Å²) in [6.07, 6.45) is 27.1. The van der Waals surface area contributed by atoms with E-state index in [9.17, 15) is 8.42 Å². The third kappa shape index (κ3) is 3.50. The predicted octanol–water partition coefficient (Wildman–Crippen LogP) is 8.05. The molecule has 8 saturated carbocycles. The second-order valence-electron chi connectivity index (χ2n) is 15.2. The lowest BCUT2D eigenvalue weighted by molar-refractivity contribution is -0.161. The summed E-state index contributed by atoms with van der Waals surface area (Å²) in [5.74, 6) is 5.47. The van der Waals surface area contributed by atoms with Crippen LogP contribution < -0.4 is 0 Å². The Morgan fingerprint density at radius 1 is 0.714 bits per heavy atom. The first-order chi connectivity index (χ1) is 16.7. The van der Waals surface area contributed by atoms with E-state index in [4.69, 9.17) is 3.97 Å². The second kappa shape index (κ2) is 8.17. The van der Waals surface area contributed by atoms with E-state index in [2.05, 4.69) is 6.92 Å². The third-order valence-corrected chi connectivity index (χ3v) is 19.8. The highest BCUT2D eigenvalue weighted by Crippen LogP contribution is 2.89. The van der Waals surface area contributed by atoms with Crippen LogP contribution in [0.15, 0.2) is 0 Å². The van der Waals surface area contributed by atoms with Crippen molar-refractivity contribution in [2.24, 2.45) is 46.3 Å². The van der Waals surface area contributed by atoms with Crippen LogP contribution in [0.1, 0.15) is 116 Å². The van der Waals surface area contributed by atoms with Gasteiger partial charge in [-0.15, -0.1) is 3.97 Å². The highest BCUT2D eigenvalue weighted by atomic mass is 32.2. The molecule has 0 unspecified atom stereocenters. The number of hydrogen-bond donors (Lipinski definition) is 0. The summed E-state index contributed by atoms with van der Waals surface area (Å²) < 4.78 is 33.3. The molecule has 9 fully saturated rings. The highest BCUT2D eigenvalue weighted by molar-refractivity contribution is 7.93. The van der Waals surface area contributed by atoms with Gasteiger partial charge >= 0.3 is 0 Å². The van der Waals surface area contributed by atoms with Crippen molar-refractivity contribution in [3.63, 3.8) is 0 Å². The molecule has 9 aliphatic rings. The molecule has 3 nitrogen and oxygen atoms in total. The third-order valence-electron chi connectivity index (χ3n) is 13.0. The molecule has 5 heteroatoms. The molecular weight excluding hydrogens is 471 g/mol. The zero-order valence-electron chi connectivity index (χ0n) is 22.5. The summed E-state index contributed by atoms with van der Waals surface area (Å²) in [4.78, 5) is 0. The molecule has 8 aliphatic carbocycles. The standard InChI is InChI=1S/C30H50O3PS/c1-3-7-30(34(33-35(2,31)32)8-5-4-6-9-34,28-16-22-10-23(17-28)12-24(11-22)18-28)29-19-25-13-26(20-29)15-27(14-25)21-29/h22-27H,3-21H2,1-2H3/q+1. The summed E-state index contributed by atoms with van der Waals surface area (Å²) in [5, 5.41) is 0.150. The van der Waals surface area contributed by atoms with Gasteiger partial charge in [0.1, 0.15) is 5.16 Å². The van der Waals surface area contributed by atoms with Crippen molar-refractivity contribution in [1.29, 1.82) is 0 Å². The molecule has 0 N–H and O–H groups in total. The van der Waals surface area contributed by atoms with E-state index in [1.54, 1.807) is 0 Å². The van der Waals surface area contributed by atoms with Crippen molar-refractivity contribution >= 4 is 17.6 Å². The van der Waals surface area contributed by atoms with Gasteiger partial charge in [0.2, 0.25) is 0 Å². The molecule has 0 aromatic rings. The quantitative estimate of drug-likeness (QED) is 0.318. The van der Waals surface area contributed by atoms with E-state index < -0.39 is 17.6 Å². The molecule has 0 spiro atoms. The van der Waals surface area contributed by atoms with Gasteiger partial charge in [-0.1, -0.05) is 13.3 Å². The molecule has 0 aromatic heterocycles. The molecule has 0 amide bonds. The Balaban J connectivity index is 1.48. The van der Waals surface area contributed by atoms with E-state index in [0.29, 0.717) is 10.8 Å². The lowest BCUT2D eigenvalue weighted by Gasteiger charge is -2.73. The van der Waals surface area contributed by atoms with Crippen LogP contribution in [0.5, 0.6) is 0 Å². The summed E-state index contributed by atoms with van der Waals surface area (Å²) in [7, 11) is -5.63. The fourth-order valence-electron chi connectivity index (χ4n) is 13.6. The van der Waals surface area contributed by atoms with Crippen molar-refractivity contribution in [3.05, 3.63) is 0 Å². The molecule has 1 aliphatic heterocycles. The number of rotatable bonds is 7. The first-order valence-corrected chi connectivity index (χ1v) is 19.4. The molecule has 0 aromatic carbocycles. The fraction of sp³-hybridized carbons (Fsp3) is 1.00. The Morgan fingerprint density at radius 3 is 1.40 bits per heavy atom. The number of hydrogen-bond acceptors (Lipinski definition) is 3. The second-order valence-corrected chi connectivity index (χ2v) is 20.6. The summed E-state index contributed by atoms with van der Waals surface area (Å²) in [5.41, 5.74) is 0.721. The van der Waals surface area contributed by atoms with Gasteiger partial charge in [-0.05, 0) is 138 Å². The van der Waals surface area contributed by atoms with Crippen molar-refractivity contribution in [2.75, 3.05) is 18.6 Å². The largest absolute Gasteiger partial charge is 0.296 e. The molecule has 0 atom stereocenters. The molecule has 1 heterocycles. The lowest BCUT2D eigenvalue weighted by Crippen LogP contribution is -2.70. The van der Waals surface area contributed by atoms with Crippen molar-refractivity contribution in [2.45, 2.75) is 121 Å². The van der Waals surface area contributed by atoms with E-state index >= 15 is 0 Å². The summed E-state index contributed by atoms with van der Waals surface area (Å²) in [6, 6.07) is 0. The van der Waals surface area contributed by atoms with Crippen LogP contribution in [0.3, 0.4) is 0 Å².